The molecule has 4 rings (SSSR count). The summed E-state index contributed by atoms with van der Waals surface area (Å²) in [6, 6.07) is 0. The fourth-order valence-corrected chi connectivity index (χ4v) is 6.76. The van der Waals surface area contributed by atoms with E-state index in [1.807, 2.05) is 0 Å². The molecule has 0 aromatic rings. The van der Waals surface area contributed by atoms with Gasteiger partial charge in [-0.15, -0.1) is 6.42 Å². The van der Waals surface area contributed by atoms with E-state index in [-0.39, 0.29) is 22.9 Å². The van der Waals surface area contributed by atoms with Gasteiger partial charge in [-0.05, 0) is 68.3 Å². The maximum Gasteiger partial charge on any atom is 0.159 e. The first-order chi connectivity index (χ1) is 11.5. The lowest BCUT2D eigenvalue weighted by atomic mass is 9.49. The molecule has 0 amide bonds. The lowest BCUT2D eigenvalue weighted by Crippen LogP contribution is -2.54. The minimum Gasteiger partial charge on any atom is -0.377 e. The third-order valence-electron chi connectivity index (χ3n) is 7.89. The van der Waals surface area contributed by atoms with Gasteiger partial charge in [0.1, 0.15) is 5.60 Å². The molecule has 0 radical (unpaired) electrons. The van der Waals surface area contributed by atoms with Gasteiger partial charge in [0.05, 0.1) is 0 Å². The highest BCUT2D eigenvalue weighted by Gasteiger charge is 2.64. The number of hydrogen-bond acceptors (Lipinski definition) is 3. The van der Waals surface area contributed by atoms with Crippen molar-refractivity contribution >= 4 is 11.6 Å². The molecular weight excluding hydrogens is 300 g/mol. The van der Waals surface area contributed by atoms with Crippen LogP contribution in [-0.4, -0.2) is 22.3 Å². The molecule has 0 saturated heterocycles. The van der Waals surface area contributed by atoms with E-state index in [1.165, 1.54) is 0 Å². The van der Waals surface area contributed by atoms with Crippen molar-refractivity contribution in [1.29, 1.82) is 0 Å². The Morgan fingerprint density at radius 2 is 2.04 bits per heavy atom. The van der Waals surface area contributed by atoms with Crippen molar-refractivity contribution in [3.05, 3.63) is 11.6 Å². The largest absolute Gasteiger partial charge is 0.377 e. The van der Waals surface area contributed by atoms with E-state index in [1.54, 1.807) is 6.08 Å². The van der Waals surface area contributed by atoms with Gasteiger partial charge in [0.15, 0.2) is 11.6 Å². The van der Waals surface area contributed by atoms with Crippen LogP contribution in [0.3, 0.4) is 0 Å². The molecule has 0 heterocycles. The molecule has 6 atom stereocenters. The van der Waals surface area contributed by atoms with Crippen LogP contribution >= 0.6 is 0 Å². The van der Waals surface area contributed by atoms with E-state index in [2.05, 4.69) is 12.8 Å². The maximum absolute atomic E-state index is 12.7. The molecule has 4 aliphatic rings. The number of carbonyl (C=O) groups is 2. The van der Waals surface area contributed by atoms with E-state index in [0.717, 1.165) is 37.7 Å². The molecule has 0 bridgehead atoms. The van der Waals surface area contributed by atoms with Crippen LogP contribution in [0.5, 0.6) is 0 Å². The van der Waals surface area contributed by atoms with Gasteiger partial charge in [-0.2, -0.15) is 0 Å². The number of terminal acetylenes is 1. The summed E-state index contributed by atoms with van der Waals surface area (Å²) in [6.07, 6.45) is 13.7. The first-order valence-electron chi connectivity index (χ1n) is 9.43. The minimum absolute atomic E-state index is 0.106. The highest BCUT2D eigenvalue weighted by Crippen LogP contribution is 2.65. The zero-order valence-electron chi connectivity index (χ0n) is 14.4. The summed E-state index contributed by atoms with van der Waals surface area (Å²) in [5.41, 5.74) is -0.449. The molecule has 0 spiro atoms. The molecular formula is C21H26O3. The van der Waals surface area contributed by atoms with Crippen molar-refractivity contribution in [3.63, 3.8) is 0 Å². The van der Waals surface area contributed by atoms with Crippen LogP contribution in [0.25, 0.3) is 0 Å². The third-order valence-corrected chi connectivity index (χ3v) is 7.89. The third kappa shape index (κ3) is 1.90. The average Bonchev–Trinajstić information content (AvgIpc) is 2.89. The first-order valence-corrected chi connectivity index (χ1v) is 9.43. The zero-order valence-corrected chi connectivity index (χ0v) is 14.4. The molecule has 24 heavy (non-hydrogen) atoms. The fraction of sp³-hybridized carbons (Fsp3) is 0.714. The van der Waals surface area contributed by atoms with E-state index in [9.17, 15) is 14.7 Å². The SMILES string of the molecule is C#CC1(O)CCC2C3CC(=O)C4=CC(=O)CCC4C3CCC21CC. The lowest BCUT2D eigenvalue weighted by molar-refractivity contribution is -0.132. The Morgan fingerprint density at radius 1 is 1.25 bits per heavy atom. The van der Waals surface area contributed by atoms with Crippen molar-refractivity contribution in [2.75, 3.05) is 0 Å². The molecule has 3 fully saturated rings. The summed E-state index contributed by atoms with van der Waals surface area (Å²) in [5, 5.41) is 11.1. The molecule has 3 heteroatoms. The Labute approximate surface area is 143 Å². The van der Waals surface area contributed by atoms with Crippen molar-refractivity contribution in [3.8, 4) is 12.3 Å². The molecule has 4 aliphatic carbocycles. The summed E-state index contributed by atoms with van der Waals surface area (Å²) in [6.45, 7) is 2.14. The number of allylic oxidation sites excluding steroid dienone is 1. The monoisotopic (exact) mass is 326 g/mol. The standard InChI is InChI=1S/C21H26O3/c1-3-20-9-7-15-14-6-5-13(22)11-17(14)19(23)12-16(15)18(20)8-10-21(20,24)4-2/h2,11,14-16,18,24H,3,5-10,12H2,1H3. The minimum atomic E-state index is -1.01. The topological polar surface area (TPSA) is 54.4 Å². The highest BCUT2D eigenvalue weighted by molar-refractivity contribution is 6.05. The Bertz CT molecular complexity index is 669. The van der Waals surface area contributed by atoms with Crippen LogP contribution in [0.15, 0.2) is 11.6 Å². The van der Waals surface area contributed by atoms with Gasteiger partial charge in [-0.3, -0.25) is 9.59 Å². The lowest BCUT2D eigenvalue weighted by Gasteiger charge is -2.55. The van der Waals surface area contributed by atoms with E-state index in [4.69, 9.17) is 6.42 Å². The number of aliphatic hydroxyl groups is 1. The second kappa shape index (κ2) is 5.30. The summed E-state index contributed by atoms with van der Waals surface area (Å²) in [5.74, 6) is 4.38. The van der Waals surface area contributed by atoms with Gasteiger partial charge < -0.3 is 5.11 Å². The van der Waals surface area contributed by atoms with Gasteiger partial charge in [-0.25, -0.2) is 0 Å². The molecule has 6 unspecified atom stereocenters. The van der Waals surface area contributed by atoms with Crippen molar-refractivity contribution < 1.29 is 14.7 Å². The quantitative estimate of drug-likeness (QED) is 0.754. The number of carbonyl (C=O) groups excluding carboxylic acids is 2. The van der Waals surface area contributed by atoms with Crippen molar-refractivity contribution in [1.82, 2.24) is 0 Å². The molecule has 3 saturated carbocycles. The highest BCUT2D eigenvalue weighted by atomic mass is 16.3. The van der Waals surface area contributed by atoms with Crippen molar-refractivity contribution in [2.24, 2.45) is 29.1 Å². The summed E-state index contributed by atoms with van der Waals surface area (Å²) >= 11 is 0. The Morgan fingerprint density at radius 3 is 2.75 bits per heavy atom. The van der Waals surface area contributed by atoms with Crippen LogP contribution in [0.1, 0.15) is 58.3 Å². The molecule has 128 valence electrons. The van der Waals surface area contributed by atoms with Gasteiger partial charge in [0, 0.05) is 23.8 Å². The number of ketones is 2. The van der Waals surface area contributed by atoms with Gasteiger partial charge in [0.25, 0.3) is 0 Å². The summed E-state index contributed by atoms with van der Waals surface area (Å²) in [7, 11) is 0. The molecule has 0 aromatic heterocycles. The summed E-state index contributed by atoms with van der Waals surface area (Å²) < 4.78 is 0. The number of fused-ring (bicyclic) bond motifs is 5. The number of Topliss-reactive ketones (excluding diaryl/α,β-unsaturated/α-hetero) is 1. The van der Waals surface area contributed by atoms with Gasteiger partial charge in [-0.1, -0.05) is 12.8 Å². The van der Waals surface area contributed by atoms with Gasteiger partial charge >= 0.3 is 0 Å². The van der Waals surface area contributed by atoms with Crippen LogP contribution in [0.2, 0.25) is 0 Å². The normalized spacial score (nSPS) is 47.3. The Balaban J connectivity index is 1.72. The number of hydrogen-bond donors (Lipinski definition) is 1. The zero-order chi connectivity index (χ0) is 17.1. The fourth-order valence-electron chi connectivity index (χ4n) is 6.76. The Kier molecular flexibility index (Phi) is 3.55. The van der Waals surface area contributed by atoms with Crippen LogP contribution in [0.4, 0.5) is 0 Å². The van der Waals surface area contributed by atoms with E-state index in [0.29, 0.717) is 37.0 Å². The second-order valence-corrected chi connectivity index (χ2v) is 8.36. The molecule has 3 nitrogen and oxygen atoms in total. The van der Waals surface area contributed by atoms with Crippen molar-refractivity contribution in [2.45, 2.75) is 63.9 Å². The van der Waals surface area contributed by atoms with Crippen LogP contribution < -0.4 is 0 Å². The van der Waals surface area contributed by atoms with E-state index < -0.39 is 5.60 Å². The van der Waals surface area contributed by atoms with E-state index >= 15 is 0 Å². The molecule has 0 aliphatic heterocycles. The maximum atomic E-state index is 12.7. The first kappa shape index (κ1) is 16.1. The average molecular weight is 326 g/mol. The smallest absolute Gasteiger partial charge is 0.159 e. The van der Waals surface area contributed by atoms with Crippen LogP contribution in [-0.2, 0) is 9.59 Å². The second-order valence-electron chi connectivity index (χ2n) is 8.36. The Hall–Kier alpha value is -1.40. The van der Waals surface area contributed by atoms with Gasteiger partial charge in [0.2, 0.25) is 0 Å². The van der Waals surface area contributed by atoms with Crippen LogP contribution in [0, 0.1) is 41.4 Å². The predicted molar refractivity (Wildman–Crippen MR) is 90.9 cm³/mol. The predicted octanol–water partition coefficient (Wildman–Crippen LogP) is 3.06. The summed E-state index contributed by atoms with van der Waals surface area (Å²) in [4.78, 5) is 24.5. The molecule has 0 aromatic carbocycles. The molecule has 1 N–H and O–H groups in total. The number of rotatable bonds is 1.